The van der Waals surface area contributed by atoms with E-state index in [4.69, 9.17) is 39.5 Å². The van der Waals surface area contributed by atoms with Crippen LogP contribution in [0.1, 0.15) is 20.3 Å². The van der Waals surface area contributed by atoms with Gasteiger partial charge in [-0.1, -0.05) is 41.8 Å². The van der Waals surface area contributed by atoms with Gasteiger partial charge in [-0.2, -0.15) is 4.98 Å². The molecule has 0 saturated carbocycles. The van der Waals surface area contributed by atoms with Crippen LogP contribution in [0.15, 0.2) is 41.9 Å². The summed E-state index contributed by atoms with van der Waals surface area (Å²) in [5.74, 6) is 0.709. The summed E-state index contributed by atoms with van der Waals surface area (Å²) in [4.78, 5) is 13.1. The number of hydrogen-bond acceptors (Lipinski definition) is 5. The third-order valence-electron chi connectivity index (χ3n) is 4.43. The molecular weight excluding hydrogens is 435 g/mol. The molecule has 3 aromatic rings. The lowest BCUT2D eigenvalue weighted by Gasteiger charge is -2.09. The Morgan fingerprint density at radius 1 is 1.17 bits per heavy atom. The van der Waals surface area contributed by atoms with E-state index < -0.39 is 0 Å². The van der Waals surface area contributed by atoms with Gasteiger partial charge in [-0.05, 0) is 43.2 Å². The van der Waals surface area contributed by atoms with E-state index in [1.54, 1.807) is 13.4 Å². The molecule has 0 unspecified atom stereocenters. The molecule has 0 saturated heterocycles. The Labute approximate surface area is 183 Å². The fraction of sp³-hybridized carbons (Fsp3) is 0.250. The van der Waals surface area contributed by atoms with Crippen LogP contribution < -0.4 is 0 Å². The number of aromatic nitrogens is 4. The van der Waals surface area contributed by atoms with E-state index in [0.717, 1.165) is 17.8 Å². The van der Waals surface area contributed by atoms with Gasteiger partial charge in [-0.25, -0.2) is 9.97 Å². The molecule has 2 aromatic heterocycles. The van der Waals surface area contributed by atoms with Gasteiger partial charge in [-0.3, -0.25) is 0 Å². The van der Waals surface area contributed by atoms with E-state index in [9.17, 15) is 5.11 Å². The number of halogens is 3. The molecule has 0 radical (unpaired) electrons. The number of ether oxygens (including phenoxy) is 1. The standard InChI is InChI=1S/C20H19Cl3N4O2/c1-4-12(6-5-11(2)29-3)9-27-10-24-18-17(25-20(23)26-19(18)27)13-7-16(28)15(22)8-14(13)21/h5-8,10,28H,4,9H2,1-3H3/b11-5+,12-6+. The first-order valence-corrected chi connectivity index (χ1v) is 9.94. The minimum Gasteiger partial charge on any atom is -0.506 e. The van der Waals surface area contributed by atoms with E-state index in [1.165, 1.54) is 12.1 Å². The quantitative estimate of drug-likeness (QED) is 0.279. The Kier molecular flexibility index (Phi) is 6.67. The van der Waals surface area contributed by atoms with E-state index in [2.05, 4.69) is 21.9 Å². The zero-order chi connectivity index (χ0) is 21.1. The highest BCUT2D eigenvalue weighted by atomic mass is 35.5. The van der Waals surface area contributed by atoms with Crippen molar-refractivity contribution in [1.82, 2.24) is 19.5 Å². The highest BCUT2D eigenvalue weighted by molar-refractivity contribution is 6.37. The van der Waals surface area contributed by atoms with Gasteiger partial charge >= 0.3 is 0 Å². The van der Waals surface area contributed by atoms with Crippen LogP contribution in [0.25, 0.3) is 22.4 Å². The minimum atomic E-state index is -0.107. The first-order valence-electron chi connectivity index (χ1n) is 8.81. The number of phenolic OH excluding ortho intramolecular Hbond substituents is 1. The number of imidazole rings is 1. The average Bonchev–Trinajstić information content (AvgIpc) is 3.09. The van der Waals surface area contributed by atoms with Crippen molar-refractivity contribution in [2.45, 2.75) is 26.8 Å². The van der Waals surface area contributed by atoms with Crippen LogP contribution in [0.3, 0.4) is 0 Å². The Bertz CT molecular complexity index is 1120. The first-order chi connectivity index (χ1) is 13.8. The summed E-state index contributed by atoms with van der Waals surface area (Å²) < 4.78 is 7.07. The summed E-state index contributed by atoms with van der Waals surface area (Å²) in [5.41, 5.74) is 3.14. The predicted molar refractivity (Wildman–Crippen MR) is 117 cm³/mol. The van der Waals surface area contributed by atoms with Crippen LogP contribution in [-0.2, 0) is 11.3 Å². The van der Waals surface area contributed by atoms with Gasteiger partial charge in [0.1, 0.15) is 17.0 Å². The fourth-order valence-corrected chi connectivity index (χ4v) is 3.38. The molecule has 9 heteroatoms. The lowest BCUT2D eigenvalue weighted by molar-refractivity contribution is 0.293. The number of allylic oxidation sites excluding steroid dienone is 4. The maximum absolute atomic E-state index is 9.99. The zero-order valence-electron chi connectivity index (χ0n) is 16.1. The van der Waals surface area contributed by atoms with Crippen molar-refractivity contribution < 1.29 is 9.84 Å². The monoisotopic (exact) mass is 452 g/mol. The topological polar surface area (TPSA) is 73.1 Å². The van der Waals surface area contributed by atoms with Gasteiger partial charge in [0, 0.05) is 12.1 Å². The Morgan fingerprint density at radius 2 is 1.93 bits per heavy atom. The van der Waals surface area contributed by atoms with E-state index in [0.29, 0.717) is 34.0 Å². The van der Waals surface area contributed by atoms with Crippen molar-refractivity contribution in [3.8, 4) is 17.0 Å². The smallest absolute Gasteiger partial charge is 0.225 e. The summed E-state index contributed by atoms with van der Waals surface area (Å²) in [7, 11) is 1.63. The Morgan fingerprint density at radius 3 is 2.62 bits per heavy atom. The van der Waals surface area contributed by atoms with Gasteiger partial charge in [0.05, 0.1) is 29.2 Å². The maximum Gasteiger partial charge on any atom is 0.225 e. The SMILES string of the molecule is CC/C(=C\C=C(/C)OC)Cn1cnc2c(-c3cc(O)c(Cl)cc3Cl)nc(Cl)nc21. The van der Waals surface area contributed by atoms with Crippen molar-refractivity contribution in [2.24, 2.45) is 0 Å². The van der Waals surface area contributed by atoms with Crippen LogP contribution in [0.2, 0.25) is 15.3 Å². The highest BCUT2D eigenvalue weighted by Crippen LogP contribution is 2.38. The van der Waals surface area contributed by atoms with Gasteiger partial charge in [-0.15, -0.1) is 0 Å². The lowest BCUT2D eigenvalue weighted by atomic mass is 10.1. The minimum absolute atomic E-state index is 0.0527. The highest BCUT2D eigenvalue weighted by Gasteiger charge is 2.18. The summed E-state index contributed by atoms with van der Waals surface area (Å²) in [5, 5.41) is 10.5. The summed E-state index contributed by atoms with van der Waals surface area (Å²) in [6.07, 6.45) is 6.46. The number of fused-ring (bicyclic) bond motifs is 1. The molecule has 0 aliphatic carbocycles. The third-order valence-corrected chi connectivity index (χ3v) is 5.22. The number of nitrogens with zero attached hydrogens (tertiary/aromatic N) is 4. The van der Waals surface area contributed by atoms with Crippen molar-refractivity contribution in [2.75, 3.05) is 7.11 Å². The summed E-state index contributed by atoms with van der Waals surface area (Å²) in [6.45, 7) is 4.54. The molecule has 0 amide bonds. The van der Waals surface area contributed by atoms with E-state index in [-0.39, 0.29) is 16.1 Å². The zero-order valence-corrected chi connectivity index (χ0v) is 18.3. The second-order valence-corrected chi connectivity index (χ2v) is 7.48. The molecule has 2 heterocycles. The maximum atomic E-state index is 9.99. The molecule has 0 spiro atoms. The van der Waals surface area contributed by atoms with Crippen molar-refractivity contribution >= 4 is 46.0 Å². The molecule has 0 atom stereocenters. The largest absolute Gasteiger partial charge is 0.506 e. The van der Waals surface area contributed by atoms with Crippen LogP contribution in [0.5, 0.6) is 5.75 Å². The predicted octanol–water partition coefficient (Wildman–Crippen LogP) is 6.05. The number of phenols is 1. The normalized spacial score (nSPS) is 12.6. The molecule has 6 nitrogen and oxygen atoms in total. The van der Waals surface area contributed by atoms with Crippen molar-refractivity contribution in [3.63, 3.8) is 0 Å². The van der Waals surface area contributed by atoms with E-state index in [1.807, 2.05) is 23.6 Å². The van der Waals surface area contributed by atoms with Crippen LogP contribution in [0.4, 0.5) is 0 Å². The third kappa shape index (κ3) is 4.66. The molecule has 0 aliphatic rings. The molecule has 152 valence electrons. The Hall–Kier alpha value is -2.28. The van der Waals surface area contributed by atoms with Crippen molar-refractivity contribution in [1.29, 1.82) is 0 Å². The number of benzene rings is 1. The number of methoxy groups -OCH3 is 1. The van der Waals surface area contributed by atoms with Gasteiger partial charge in [0.2, 0.25) is 5.28 Å². The van der Waals surface area contributed by atoms with Gasteiger partial charge < -0.3 is 14.4 Å². The second kappa shape index (κ2) is 9.03. The van der Waals surface area contributed by atoms with E-state index >= 15 is 0 Å². The number of aromatic hydroxyl groups is 1. The van der Waals surface area contributed by atoms with Gasteiger partial charge in [0.25, 0.3) is 0 Å². The molecule has 0 bridgehead atoms. The Balaban J connectivity index is 2.10. The average molecular weight is 454 g/mol. The molecule has 29 heavy (non-hydrogen) atoms. The number of hydrogen-bond donors (Lipinski definition) is 1. The van der Waals surface area contributed by atoms with Crippen LogP contribution >= 0.6 is 34.8 Å². The molecule has 3 rings (SSSR count). The van der Waals surface area contributed by atoms with Gasteiger partial charge in [0.15, 0.2) is 5.65 Å². The second-order valence-electron chi connectivity index (χ2n) is 6.33. The summed E-state index contributed by atoms with van der Waals surface area (Å²) >= 11 is 18.4. The van der Waals surface area contributed by atoms with Crippen LogP contribution in [0, 0.1) is 0 Å². The molecule has 1 N–H and O–H groups in total. The molecule has 1 aromatic carbocycles. The van der Waals surface area contributed by atoms with Crippen molar-refractivity contribution in [3.05, 3.63) is 57.3 Å². The first kappa shape index (κ1) is 21.4. The fourth-order valence-electron chi connectivity index (χ4n) is 2.74. The number of rotatable bonds is 6. The molecule has 0 aliphatic heterocycles. The molecule has 0 fully saturated rings. The molecular formula is C20H19Cl3N4O2. The van der Waals surface area contributed by atoms with Crippen LogP contribution in [-0.4, -0.2) is 31.7 Å². The lowest BCUT2D eigenvalue weighted by Crippen LogP contribution is -2.02. The summed E-state index contributed by atoms with van der Waals surface area (Å²) in [6, 6.07) is 2.90.